The largest absolute Gasteiger partial charge is 0.360 e. The number of hydrogen-bond acceptors (Lipinski definition) is 4. The highest BCUT2D eigenvalue weighted by molar-refractivity contribution is 9.10. The number of aryl methyl sites for hydroxylation is 1. The monoisotopic (exact) mass is 619 g/mol. The fourth-order valence-electron chi connectivity index (χ4n) is 5.50. The van der Waals surface area contributed by atoms with Crippen molar-refractivity contribution in [1.29, 1.82) is 0 Å². The van der Waals surface area contributed by atoms with Crippen molar-refractivity contribution in [3.63, 3.8) is 0 Å². The highest BCUT2D eigenvalue weighted by Crippen LogP contribution is 2.36. The van der Waals surface area contributed by atoms with Gasteiger partial charge in [0, 0.05) is 78.2 Å². The number of benzene rings is 3. The van der Waals surface area contributed by atoms with Crippen LogP contribution < -0.4 is 5.32 Å². The average Bonchev–Trinajstić information content (AvgIpc) is 3.41. The molecule has 0 aliphatic carbocycles. The molecule has 6 nitrogen and oxygen atoms in total. The number of amides is 1. The Morgan fingerprint density at radius 2 is 1.67 bits per heavy atom. The molecule has 7 heteroatoms. The molecule has 6 rings (SSSR count). The summed E-state index contributed by atoms with van der Waals surface area (Å²) >= 11 is 3.70. The van der Waals surface area contributed by atoms with E-state index in [0.29, 0.717) is 5.56 Å². The van der Waals surface area contributed by atoms with Crippen molar-refractivity contribution in [2.24, 2.45) is 0 Å². The Hall–Kier alpha value is -4.04. The predicted octanol–water partition coefficient (Wildman–Crippen LogP) is 7.48. The lowest BCUT2D eigenvalue weighted by molar-refractivity contribution is 0.102. The second kappa shape index (κ2) is 12.4. The van der Waals surface area contributed by atoms with Crippen molar-refractivity contribution in [2.75, 3.05) is 38.5 Å². The molecule has 1 aliphatic heterocycles. The molecular weight excluding hydrogens is 586 g/mol. The molecule has 1 saturated heterocycles. The summed E-state index contributed by atoms with van der Waals surface area (Å²) in [5, 5.41) is 3.06. The Kier molecular flexibility index (Phi) is 8.33. The van der Waals surface area contributed by atoms with Crippen LogP contribution in [0.15, 0.2) is 102 Å². The van der Waals surface area contributed by atoms with Gasteiger partial charge in [-0.05, 0) is 78.2 Å². The van der Waals surface area contributed by atoms with E-state index in [-0.39, 0.29) is 5.91 Å². The average molecular weight is 621 g/mol. The Bertz CT molecular complexity index is 1690. The maximum Gasteiger partial charge on any atom is 0.255 e. The second-order valence-corrected chi connectivity index (χ2v) is 11.8. The van der Waals surface area contributed by atoms with Crippen LogP contribution in [0.1, 0.15) is 21.5 Å². The molecule has 3 heterocycles. The van der Waals surface area contributed by atoms with Gasteiger partial charge in [-0.25, -0.2) is 0 Å². The molecule has 212 valence electrons. The Labute approximate surface area is 255 Å². The summed E-state index contributed by atoms with van der Waals surface area (Å²) in [4.78, 5) is 25.6. The van der Waals surface area contributed by atoms with Crippen LogP contribution in [0.4, 0.5) is 5.69 Å². The number of H-pyrrole nitrogens is 1. The van der Waals surface area contributed by atoms with E-state index in [9.17, 15) is 4.79 Å². The maximum atomic E-state index is 13.1. The minimum atomic E-state index is -0.127. The number of rotatable bonds is 7. The van der Waals surface area contributed by atoms with E-state index in [1.54, 1.807) is 6.20 Å². The van der Waals surface area contributed by atoms with Crippen LogP contribution in [0.3, 0.4) is 0 Å². The minimum Gasteiger partial charge on any atom is -0.360 e. The number of carbonyl (C=O) groups is 1. The summed E-state index contributed by atoms with van der Waals surface area (Å²) in [6.45, 7) is 7.29. The number of pyridine rings is 1. The van der Waals surface area contributed by atoms with Gasteiger partial charge in [0.05, 0.1) is 5.69 Å². The summed E-state index contributed by atoms with van der Waals surface area (Å²) in [7, 11) is 2.16. The van der Waals surface area contributed by atoms with Crippen LogP contribution >= 0.6 is 15.9 Å². The standard InChI is InChI=1S/C35H34BrN5O/c1-24-21-38-34(33(24)27-6-3-5-26(19-27)29-7-4-14-37-22-29)25-10-12-31(13-11-25)39-35(42)28-8-9-30(32(36)20-28)23-41-17-15-40(2)16-18-41/h3-14,19-22,38H,15-18,23H2,1-2H3,(H,39,42). The van der Waals surface area contributed by atoms with Crippen molar-refractivity contribution in [1.82, 2.24) is 19.8 Å². The summed E-state index contributed by atoms with van der Waals surface area (Å²) in [6.07, 6.45) is 5.72. The normalized spacial score (nSPS) is 14.2. The van der Waals surface area contributed by atoms with E-state index < -0.39 is 0 Å². The number of halogens is 1. The van der Waals surface area contributed by atoms with Gasteiger partial charge < -0.3 is 15.2 Å². The van der Waals surface area contributed by atoms with Crippen LogP contribution in [0.25, 0.3) is 33.5 Å². The molecule has 0 atom stereocenters. The van der Waals surface area contributed by atoms with Crippen molar-refractivity contribution < 1.29 is 4.79 Å². The van der Waals surface area contributed by atoms with Gasteiger partial charge in [-0.2, -0.15) is 0 Å². The SMILES string of the molecule is Cc1c[nH]c(-c2ccc(NC(=O)c3ccc(CN4CCN(C)CC4)c(Br)c3)cc2)c1-c1cccc(-c2cccnc2)c1. The molecule has 5 aromatic rings. The van der Waals surface area contributed by atoms with Crippen LogP contribution in [-0.4, -0.2) is 58.9 Å². The highest BCUT2D eigenvalue weighted by Gasteiger charge is 2.17. The Morgan fingerprint density at radius 1 is 0.905 bits per heavy atom. The zero-order valence-corrected chi connectivity index (χ0v) is 25.5. The molecule has 0 bridgehead atoms. The lowest BCUT2D eigenvalue weighted by atomic mass is 9.95. The highest BCUT2D eigenvalue weighted by atomic mass is 79.9. The number of aromatic amines is 1. The Morgan fingerprint density at radius 3 is 2.40 bits per heavy atom. The van der Waals surface area contributed by atoms with Crippen molar-refractivity contribution in [2.45, 2.75) is 13.5 Å². The van der Waals surface area contributed by atoms with E-state index >= 15 is 0 Å². The fraction of sp³-hybridized carbons (Fsp3) is 0.200. The molecule has 0 spiro atoms. The third-order valence-corrected chi connectivity index (χ3v) is 8.70. The lowest BCUT2D eigenvalue weighted by Crippen LogP contribution is -2.43. The van der Waals surface area contributed by atoms with Gasteiger partial charge in [-0.15, -0.1) is 0 Å². The molecule has 2 N–H and O–H groups in total. The summed E-state index contributed by atoms with van der Waals surface area (Å²) in [5.74, 6) is -0.127. The van der Waals surface area contributed by atoms with E-state index in [1.165, 1.54) is 16.7 Å². The number of anilines is 1. The second-order valence-electron chi connectivity index (χ2n) is 11.0. The molecule has 1 amide bonds. The Balaban J connectivity index is 1.16. The van der Waals surface area contributed by atoms with Gasteiger partial charge in [0.15, 0.2) is 0 Å². The smallest absolute Gasteiger partial charge is 0.255 e. The molecule has 2 aromatic heterocycles. The number of likely N-dealkylation sites (N-methyl/N-ethyl adjacent to an activating group) is 1. The van der Waals surface area contributed by atoms with E-state index in [2.05, 4.69) is 91.4 Å². The molecule has 0 radical (unpaired) electrons. The number of piperazine rings is 1. The number of carbonyl (C=O) groups excluding carboxylic acids is 1. The van der Waals surface area contributed by atoms with Gasteiger partial charge in [0.1, 0.15) is 0 Å². The molecule has 3 aromatic carbocycles. The first kappa shape index (κ1) is 28.1. The van der Waals surface area contributed by atoms with E-state index in [4.69, 9.17) is 0 Å². The first-order chi connectivity index (χ1) is 20.4. The molecule has 42 heavy (non-hydrogen) atoms. The van der Waals surface area contributed by atoms with Crippen LogP contribution in [0.5, 0.6) is 0 Å². The fourth-order valence-corrected chi connectivity index (χ4v) is 6.00. The van der Waals surface area contributed by atoms with Gasteiger partial charge in [0.2, 0.25) is 0 Å². The number of nitrogens with zero attached hydrogens (tertiary/aromatic N) is 3. The van der Waals surface area contributed by atoms with Gasteiger partial charge >= 0.3 is 0 Å². The molecule has 0 saturated carbocycles. The van der Waals surface area contributed by atoms with Crippen LogP contribution in [0.2, 0.25) is 0 Å². The zero-order valence-electron chi connectivity index (χ0n) is 23.9. The number of hydrogen-bond donors (Lipinski definition) is 2. The van der Waals surface area contributed by atoms with Gasteiger partial charge in [0.25, 0.3) is 5.91 Å². The summed E-state index contributed by atoms with van der Waals surface area (Å²) in [5.41, 5.74) is 10.4. The predicted molar refractivity (Wildman–Crippen MR) is 175 cm³/mol. The third-order valence-electron chi connectivity index (χ3n) is 7.96. The van der Waals surface area contributed by atoms with E-state index in [0.717, 1.165) is 70.8 Å². The molecule has 1 aliphatic rings. The summed E-state index contributed by atoms with van der Waals surface area (Å²) < 4.78 is 0.965. The molecule has 1 fully saturated rings. The van der Waals surface area contributed by atoms with Crippen LogP contribution in [-0.2, 0) is 6.54 Å². The lowest BCUT2D eigenvalue weighted by Gasteiger charge is -2.32. The first-order valence-electron chi connectivity index (χ1n) is 14.2. The first-order valence-corrected chi connectivity index (χ1v) is 15.0. The zero-order chi connectivity index (χ0) is 29.1. The quantitative estimate of drug-likeness (QED) is 0.198. The number of aromatic nitrogens is 2. The van der Waals surface area contributed by atoms with Crippen molar-refractivity contribution in [3.8, 4) is 33.5 Å². The summed E-state index contributed by atoms with van der Waals surface area (Å²) in [6, 6.07) is 26.5. The molecular formula is C35H34BrN5O. The van der Waals surface area contributed by atoms with Gasteiger partial charge in [-0.3, -0.25) is 14.7 Å². The third kappa shape index (κ3) is 6.23. The molecule has 0 unspecified atom stereocenters. The van der Waals surface area contributed by atoms with Gasteiger partial charge in [-0.1, -0.05) is 58.4 Å². The van der Waals surface area contributed by atoms with Crippen LogP contribution in [0, 0.1) is 6.92 Å². The van der Waals surface area contributed by atoms with Crippen molar-refractivity contribution in [3.05, 3.63) is 119 Å². The topological polar surface area (TPSA) is 64.3 Å². The minimum absolute atomic E-state index is 0.127. The number of nitrogens with one attached hydrogen (secondary N) is 2. The van der Waals surface area contributed by atoms with Crippen molar-refractivity contribution >= 4 is 27.5 Å². The van der Waals surface area contributed by atoms with E-state index in [1.807, 2.05) is 54.9 Å². The maximum absolute atomic E-state index is 13.1.